The van der Waals surface area contributed by atoms with Crippen LogP contribution in [-0.2, 0) is 4.74 Å². The van der Waals surface area contributed by atoms with Gasteiger partial charge in [0.15, 0.2) is 0 Å². The Morgan fingerprint density at radius 3 is 2.62 bits per heavy atom. The molecule has 130 valence electrons. The van der Waals surface area contributed by atoms with Crippen molar-refractivity contribution in [1.29, 1.82) is 0 Å². The molecule has 4 rings (SSSR count). The fourth-order valence-electron chi connectivity index (χ4n) is 3.52. The van der Waals surface area contributed by atoms with Crippen LogP contribution in [0.1, 0.15) is 18.9 Å². The lowest BCUT2D eigenvalue weighted by atomic mass is 10.1. The molecule has 2 aliphatic heterocycles. The Kier molecular flexibility index (Phi) is 5.07. The van der Waals surface area contributed by atoms with Crippen molar-refractivity contribution >= 4 is 60.4 Å². The zero-order valence-corrected chi connectivity index (χ0v) is 17.1. The molecule has 1 aromatic carbocycles. The maximum absolute atomic E-state index is 6.59. The molecule has 0 saturated carbocycles. The summed E-state index contributed by atoms with van der Waals surface area (Å²) >= 11 is 13.8. The zero-order valence-electron chi connectivity index (χ0n) is 13.2. The molecule has 1 aromatic heterocycles. The van der Waals surface area contributed by atoms with E-state index in [0.29, 0.717) is 11.1 Å². The second-order valence-electron chi connectivity index (χ2n) is 6.22. The van der Waals surface area contributed by atoms with Gasteiger partial charge in [0, 0.05) is 49.9 Å². The van der Waals surface area contributed by atoms with Crippen LogP contribution in [0.4, 0.5) is 5.95 Å². The first kappa shape index (κ1) is 17.1. The average molecular weight is 479 g/mol. The molecular formula is C16H19Br2ClN4O. The number of anilines is 1. The van der Waals surface area contributed by atoms with Gasteiger partial charge in [-0.3, -0.25) is 0 Å². The van der Waals surface area contributed by atoms with E-state index in [-0.39, 0.29) is 0 Å². The number of benzene rings is 1. The molecule has 0 spiro atoms. The van der Waals surface area contributed by atoms with E-state index in [1.165, 1.54) is 0 Å². The number of nitrogens with zero attached hydrogens (tertiary/aromatic N) is 3. The Hall–Kier alpha value is -0.340. The summed E-state index contributed by atoms with van der Waals surface area (Å²) in [6.45, 7) is 5.50. The van der Waals surface area contributed by atoms with Crippen molar-refractivity contribution in [3.8, 4) is 0 Å². The van der Waals surface area contributed by atoms with Crippen LogP contribution in [-0.4, -0.2) is 48.9 Å². The van der Waals surface area contributed by atoms with Gasteiger partial charge < -0.3 is 19.5 Å². The van der Waals surface area contributed by atoms with Gasteiger partial charge in [-0.05, 0) is 50.8 Å². The number of nitrogens with one attached hydrogen (secondary N) is 1. The monoisotopic (exact) mass is 476 g/mol. The summed E-state index contributed by atoms with van der Waals surface area (Å²) in [6, 6.07) is 2.53. The van der Waals surface area contributed by atoms with E-state index in [9.17, 15) is 0 Å². The molecule has 2 fully saturated rings. The highest BCUT2D eigenvalue weighted by Crippen LogP contribution is 2.41. The van der Waals surface area contributed by atoms with Crippen LogP contribution in [0.2, 0.25) is 5.02 Å². The molecule has 0 radical (unpaired) electrons. The number of ether oxygens (including phenoxy) is 1. The van der Waals surface area contributed by atoms with Crippen LogP contribution in [0.25, 0.3) is 11.0 Å². The molecule has 2 aliphatic rings. The molecule has 1 N–H and O–H groups in total. The van der Waals surface area contributed by atoms with Crippen LogP contribution >= 0.6 is 43.5 Å². The maximum Gasteiger partial charge on any atom is 0.206 e. The van der Waals surface area contributed by atoms with E-state index >= 15 is 0 Å². The topological polar surface area (TPSA) is 42.3 Å². The molecular weight excluding hydrogens is 459 g/mol. The largest absolute Gasteiger partial charge is 0.381 e. The molecule has 0 unspecified atom stereocenters. The zero-order chi connectivity index (χ0) is 16.7. The summed E-state index contributed by atoms with van der Waals surface area (Å²) in [5, 5.41) is 4.08. The van der Waals surface area contributed by atoms with Crippen LogP contribution < -0.4 is 10.2 Å². The maximum atomic E-state index is 6.59. The Morgan fingerprint density at radius 2 is 1.92 bits per heavy atom. The second kappa shape index (κ2) is 7.11. The molecule has 0 atom stereocenters. The SMILES string of the molecule is Clc1c(Br)c(Br)cc2c1nc(N1CCNCC1)n2C1CCOCC1. The van der Waals surface area contributed by atoms with Gasteiger partial charge in [0.1, 0.15) is 5.52 Å². The first-order valence-corrected chi connectivity index (χ1v) is 10.2. The Bertz CT molecular complexity index is 754. The normalized spacial score (nSPS) is 20.0. The van der Waals surface area contributed by atoms with Gasteiger partial charge in [0.2, 0.25) is 5.95 Å². The standard InChI is InChI=1S/C16H19Br2ClN4O/c17-11-9-12-15(14(19)13(11)18)21-16(22-5-3-20-4-6-22)23(12)10-1-7-24-8-2-10/h9-10,20H,1-8H2. The van der Waals surface area contributed by atoms with Crippen LogP contribution in [0.3, 0.4) is 0 Å². The first-order valence-electron chi connectivity index (χ1n) is 8.25. The van der Waals surface area contributed by atoms with Crippen LogP contribution in [0.5, 0.6) is 0 Å². The minimum Gasteiger partial charge on any atom is -0.381 e. The smallest absolute Gasteiger partial charge is 0.206 e. The molecule has 2 saturated heterocycles. The predicted octanol–water partition coefficient (Wildman–Crippen LogP) is 3.98. The number of rotatable bonds is 2. The van der Waals surface area contributed by atoms with E-state index in [4.69, 9.17) is 21.3 Å². The Morgan fingerprint density at radius 1 is 1.21 bits per heavy atom. The van der Waals surface area contributed by atoms with Gasteiger partial charge in [-0.2, -0.15) is 0 Å². The molecule has 0 aliphatic carbocycles. The molecule has 3 heterocycles. The highest BCUT2D eigenvalue weighted by molar-refractivity contribution is 9.13. The van der Waals surface area contributed by atoms with E-state index in [2.05, 4.69) is 52.7 Å². The van der Waals surface area contributed by atoms with Crippen molar-refractivity contribution in [3.63, 3.8) is 0 Å². The Labute approximate surface area is 162 Å². The summed E-state index contributed by atoms with van der Waals surface area (Å²) in [4.78, 5) is 7.32. The fourth-order valence-corrected chi connectivity index (χ4v) is 4.59. The number of hydrogen-bond acceptors (Lipinski definition) is 4. The Balaban J connectivity index is 1.90. The number of imidazole rings is 1. The number of hydrogen-bond donors (Lipinski definition) is 1. The van der Waals surface area contributed by atoms with Gasteiger partial charge in [-0.1, -0.05) is 11.6 Å². The number of fused-ring (bicyclic) bond motifs is 1. The third-order valence-electron chi connectivity index (χ3n) is 4.76. The van der Waals surface area contributed by atoms with Crippen molar-refractivity contribution in [2.45, 2.75) is 18.9 Å². The van der Waals surface area contributed by atoms with Gasteiger partial charge in [-0.25, -0.2) is 4.98 Å². The highest BCUT2D eigenvalue weighted by Gasteiger charge is 2.27. The van der Waals surface area contributed by atoms with Crippen molar-refractivity contribution in [1.82, 2.24) is 14.9 Å². The summed E-state index contributed by atoms with van der Waals surface area (Å²) < 4.78 is 9.76. The van der Waals surface area contributed by atoms with Crippen LogP contribution in [0.15, 0.2) is 15.0 Å². The van der Waals surface area contributed by atoms with E-state index in [0.717, 1.165) is 78.2 Å². The van der Waals surface area contributed by atoms with Gasteiger partial charge >= 0.3 is 0 Å². The molecule has 8 heteroatoms. The van der Waals surface area contributed by atoms with Gasteiger partial charge in [0.25, 0.3) is 0 Å². The molecule has 24 heavy (non-hydrogen) atoms. The number of halogens is 3. The summed E-state index contributed by atoms with van der Waals surface area (Å²) in [6.07, 6.45) is 2.02. The summed E-state index contributed by atoms with van der Waals surface area (Å²) in [7, 11) is 0. The van der Waals surface area contributed by atoms with Crippen molar-refractivity contribution in [2.24, 2.45) is 0 Å². The number of piperazine rings is 1. The predicted molar refractivity (Wildman–Crippen MR) is 104 cm³/mol. The molecule has 5 nitrogen and oxygen atoms in total. The molecule has 0 bridgehead atoms. The fraction of sp³-hybridized carbons (Fsp3) is 0.562. The van der Waals surface area contributed by atoms with Gasteiger partial charge in [-0.15, -0.1) is 0 Å². The minimum absolute atomic E-state index is 0.401. The number of aromatic nitrogens is 2. The van der Waals surface area contributed by atoms with Crippen molar-refractivity contribution in [2.75, 3.05) is 44.3 Å². The third-order valence-corrected chi connectivity index (χ3v) is 7.34. The van der Waals surface area contributed by atoms with Gasteiger partial charge in [0.05, 0.1) is 15.0 Å². The van der Waals surface area contributed by atoms with E-state index in [1.807, 2.05) is 0 Å². The minimum atomic E-state index is 0.401. The lowest BCUT2D eigenvalue weighted by Crippen LogP contribution is -2.45. The summed E-state index contributed by atoms with van der Waals surface area (Å²) in [5.41, 5.74) is 1.96. The van der Waals surface area contributed by atoms with Crippen molar-refractivity contribution in [3.05, 3.63) is 20.0 Å². The van der Waals surface area contributed by atoms with E-state index < -0.39 is 0 Å². The summed E-state index contributed by atoms with van der Waals surface area (Å²) in [5.74, 6) is 1.03. The molecule has 0 amide bonds. The van der Waals surface area contributed by atoms with E-state index in [1.54, 1.807) is 0 Å². The first-order chi connectivity index (χ1) is 11.7. The molecule has 2 aromatic rings. The lowest BCUT2D eigenvalue weighted by Gasteiger charge is -2.32. The third kappa shape index (κ3) is 2.98. The van der Waals surface area contributed by atoms with Crippen LogP contribution in [0, 0.1) is 0 Å². The quantitative estimate of drug-likeness (QED) is 0.664. The average Bonchev–Trinajstić information content (AvgIpc) is 3.00. The lowest BCUT2D eigenvalue weighted by molar-refractivity contribution is 0.0708. The highest BCUT2D eigenvalue weighted by atomic mass is 79.9. The second-order valence-corrected chi connectivity index (χ2v) is 8.24. The van der Waals surface area contributed by atoms with Crippen molar-refractivity contribution < 1.29 is 4.74 Å².